The van der Waals surface area contributed by atoms with Crippen LogP contribution in [0.15, 0.2) is 48.5 Å². The van der Waals surface area contributed by atoms with E-state index in [1.165, 1.54) is 0 Å². The fourth-order valence-corrected chi connectivity index (χ4v) is 2.78. The molecule has 2 amide bonds. The molecule has 2 rings (SSSR count). The van der Waals surface area contributed by atoms with Crippen molar-refractivity contribution in [2.45, 2.75) is 31.4 Å². The van der Waals surface area contributed by atoms with E-state index < -0.39 is 41.2 Å². The number of benzene rings is 2. The van der Waals surface area contributed by atoms with Crippen LogP contribution in [-0.2, 0) is 12.4 Å². The van der Waals surface area contributed by atoms with Crippen molar-refractivity contribution in [3.63, 3.8) is 0 Å². The second-order valence-electron chi connectivity index (χ2n) is 6.99. The van der Waals surface area contributed by atoms with Crippen LogP contribution < -0.4 is 10.6 Å². The molecule has 4 nitrogen and oxygen atoms in total. The number of nitrogens with zero attached hydrogens (tertiary/aromatic N) is 1. The number of carbonyl (C=O) groups is 1. The summed E-state index contributed by atoms with van der Waals surface area (Å²) in [4.78, 5) is 14.3. The maximum absolute atomic E-state index is 13.0. The first-order valence-electron chi connectivity index (χ1n) is 8.87. The normalized spacial score (nSPS) is 14.3. The van der Waals surface area contributed by atoms with Gasteiger partial charge in [0, 0.05) is 11.7 Å². The van der Waals surface area contributed by atoms with Crippen LogP contribution in [0.4, 0.5) is 36.8 Å². The van der Waals surface area contributed by atoms with Crippen molar-refractivity contribution < 1.29 is 31.1 Å². The molecule has 2 atom stereocenters. The molecule has 0 bridgehead atoms. The summed E-state index contributed by atoms with van der Waals surface area (Å²) in [6.45, 7) is 1.82. The third kappa shape index (κ3) is 6.12. The zero-order valence-electron chi connectivity index (χ0n) is 16.4. The van der Waals surface area contributed by atoms with Crippen molar-refractivity contribution >= 4 is 11.7 Å². The molecule has 0 fully saturated rings. The quantitative estimate of drug-likeness (QED) is 0.609. The second-order valence-corrected chi connectivity index (χ2v) is 6.99. The molecule has 164 valence electrons. The van der Waals surface area contributed by atoms with E-state index in [1.807, 2.05) is 11.8 Å². The fourth-order valence-electron chi connectivity index (χ4n) is 2.78. The smallest absolute Gasteiger partial charge is 0.329 e. The molecule has 0 aromatic heterocycles. The number of hydrogen-bond acceptors (Lipinski definition) is 2. The Morgan fingerprint density at radius 2 is 1.40 bits per heavy atom. The van der Waals surface area contributed by atoms with Crippen molar-refractivity contribution in [1.29, 1.82) is 0 Å². The minimum absolute atomic E-state index is 0.00394. The van der Waals surface area contributed by atoms with Crippen LogP contribution in [-0.4, -0.2) is 31.1 Å². The van der Waals surface area contributed by atoms with Gasteiger partial charge in [-0.3, -0.25) is 0 Å². The lowest BCUT2D eigenvalue weighted by atomic mass is 10.00. The third-order valence-corrected chi connectivity index (χ3v) is 4.59. The molecule has 0 heterocycles. The molecule has 0 saturated heterocycles. The lowest BCUT2D eigenvalue weighted by Gasteiger charge is -2.30. The molecular formula is C20H21F6N3O. The van der Waals surface area contributed by atoms with Crippen LogP contribution in [0.3, 0.4) is 0 Å². The van der Waals surface area contributed by atoms with Crippen molar-refractivity contribution in [2.75, 3.05) is 19.4 Å². The minimum Gasteiger partial charge on any atom is -0.329 e. The summed E-state index contributed by atoms with van der Waals surface area (Å²) in [5.74, 6) is 0. The minimum atomic E-state index is -5.00. The number of likely N-dealkylation sites (N-methyl/N-ethyl adjacent to an activating group) is 1. The molecule has 0 aliphatic rings. The number of anilines is 1. The molecular weight excluding hydrogens is 412 g/mol. The van der Waals surface area contributed by atoms with Gasteiger partial charge in [-0.2, -0.15) is 26.3 Å². The maximum atomic E-state index is 13.0. The van der Waals surface area contributed by atoms with Crippen LogP contribution in [0.2, 0.25) is 0 Å². The molecule has 2 aromatic rings. The van der Waals surface area contributed by atoms with Gasteiger partial charge in [-0.25, -0.2) is 4.79 Å². The van der Waals surface area contributed by atoms with Crippen molar-refractivity contribution in [2.24, 2.45) is 0 Å². The van der Waals surface area contributed by atoms with Gasteiger partial charge in [-0.05, 0) is 44.8 Å². The Balaban J connectivity index is 2.31. The molecule has 2 aromatic carbocycles. The van der Waals surface area contributed by atoms with Gasteiger partial charge in [0.1, 0.15) is 0 Å². The number of hydrogen-bond donors (Lipinski definition) is 2. The van der Waals surface area contributed by atoms with Gasteiger partial charge in [-0.1, -0.05) is 30.3 Å². The van der Waals surface area contributed by atoms with Crippen LogP contribution in [0, 0.1) is 0 Å². The Hall–Kier alpha value is -2.75. The molecule has 2 N–H and O–H groups in total. The van der Waals surface area contributed by atoms with Gasteiger partial charge in [0.15, 0.2) is 0 Å². The Kier molecular flexibility index (Phi) is 7.02. The summed E-state index contributed by atoms with van der Waals surface area (Å²) in [6, 6.07) is 8.03. The number of carbonyl (C=O) groups excluding carboxylic acids is 1. The molecule has 0 radical (unpaired) electrons. The average molecular weight is 433 g/mol. The van der Waals surface area contributed by atoms with Gasteiger partial charge in [0.2, 0.25) is 0 Å². The van der Waals surface area contributed by atoms with Crippen LogP contribution >= 0.6 is 0 Å². The third-order valence-electron chi connectivity index (χ3n) is 4.59. The van der Waals surface area contributed by atoms with Gasteiger partial charge >= 0.3 is 18.4 Å². The summed E-state index contributed by atoms with van der Waals surface area (Å²) in [6.07, 6.45) is -10.00. The molecule has 0 unspecified atom stereocenters. The standard InChI is InChI=1S/C20H21F6N3O/c1-12(29(2)3)17(13-7-5-4-6-8-13)28-18(30)27-16-10-14(19(21,22)23)9-15(11-16)20(24,25)26/h4-12,17H,1-3H3,(H2,27,28,30)/t12-,17-/m0/s1. The van der Waals surface area contributed by atoms with Gasteiger partial charge in [0.25, 0.3) is 0 Å². The fraction of sp³-hybridized carbons (Fsp3) is 0.350. The van der Waals surface area contributed by atoms with E-state index >= 15 is 0 Å². The maximum Gasteiger partial charge on any atom is 0.416 e. The highest BCUT2D eigenvalue weighted by atomic mass is 19.4. The van der Waals surface area contributed by atoms with E-state index in [9.17, 15) is 31.1 Å². The Labute approximate surface area is 169 Å². The van der Waals surface area contributed by atoms with Crippen molar-refractivity contribution in [3.05, 3.63) is 65.2 Å². The molecule has 0 aliphatic carbocycles. The van der Waals surface area contributed by atoms with E-state index in [-0.39, 0.29) is 12.1 Å². The van der Waals surface area contributed by atoms with Crippen molar-refractivity contribution in [3.8, 4) is 0 Å². The molecule has 0 saturated carbocycles. The van der Waals surface area contributed by atoms with E-state index in [0.29, 0.717) is 12.1 Å². The van der Waals surface area contributed by atoms with Crippen LogP contribution in [0.1, 0.15) is 29.7 Å². The van der Waals surface area contributed by atoms with Crippen LogP contribution in [0.25, 0.3) is 0 Å². The number of urea groups is 1. The zero-order chi connectivity index (χ0) is 22.7. The van der Waals surface area contributed by atoms with E-state index in [1.54, 1.807) is 44.4 Å². The first-order chi connectivity index (χ1) is 13.8. The Morgan fingerprint density at radius 3 is 1.83 bits per heavy atom. The lowest BCUT2D eigenvalue weighted by molar-refractivity contribution is -0.143. The Bertz CT molecular complexity index is 833. The number of amides is 2. The highest BCUT2D eigenvalue weighted by Gasteiger charge is 2.37. The summed E-state index contributed by atoms with van der Waals surface area (Å²) in [7, 11) is 3.56. The van der Waals surface area contributed by atoms with E-state index in [2.05, 4.69) is 10.6 Å². The summed E-state index contributed by atoms with van der Waals surface area (Å²) in [5.41, 5.74) is -2.89. The largest absolute Gasteiger partial charge is 0.416 e. The first-order valence-corrected chi connectivity index (χ1v) is 8.87. The van der Waals surface area contributed by atoms with Crippen LogP contribution in [0.5, 0.6) is 0 Å². The first kappa shape index (κ1) is 23.5. The van der Waals surface area contributed by atoms with Gasteiger partial charge < -0.3 is 15.5 Å². The predicted octanol–water partition coefficient (Wildman–Crippen LogP) is 5.54. The highest BCUT2D eigenvalue weighted by Crippen LogP contribution is 2.37. The van der Waals surface area contributed by atoms with E-state index in [4.69, 9.17) is 0 Å². The number of nitrogens with one attached hydrogen (secondary N) is 2. The SMILES string of the molecule is C[C@@H]([C@H](NC(=O)Nc1cc(C(F)(F)F)cc(C(F)(F)F)c1)c1ccccc1)N(C)C. The number of halogens is 6. The predicted molar refractivity (Wildman–Crippen MR) is 101 cm³/mol. The molecule has 10 heteroatoms. The summed E-state index contributed by atoms with van der Waals surface area (Å²) < 4.78 is 78.0. The van der Waals surface area contributed by atoms with Crippen molar-refractivity contribution in [1.82, 2.24) is 10.2 Å². The summed E-state index contributed by atoms with van der Waals surface area (Å²) in [5, 5.41) is 4.72. The second kappa shape index (κ2) is 8.95. The lowest BCUT2D eigenvalue weighted by Crippen LogP contribution is -2.43. The van der Waals surface area contributed by atoms with Gasteiger partial charge in [0.05, 0.1) is 17.2 Å². The highest BCUT2D eigenvalue weighted by molar-refractivity contribution is 5.89. The summed E-state index contributed by atoms with van der Waals surface area (Å²) >= 11 is 0. The number of alkyl halides is 6. The number of rotatable bonds is 5. The molecule has 0 aliphatic heterocycles. The average Bonchev–Trinajstić information content (AvgIpc) is 2.64. The van der Waals surface area contributed by atoms with Gasteiger partial charge in [-0.15, -0.1) is 0 Å². The molecule has 30 heavy (non-hydrogen) atoms. The topological polar surface area (TPSA) is 44.4 Å². The Morgan fingerprint density at radius 1 is 0.900 bits per heavy atom. The molecule has 0 spiro atoms. The monoisotopic (exact) mass is 433 g/mol. The zero-order valence-corrected chi connectivity index (χ0v) is 16.4. The van der Waals surface area contributed by atoms with E-state index in [0.717, 1.165) is 5.56 Å².